The minimum Gasteiger partial charge on any atom is -0.325 e. The smallest absolute Gasteiger partial charge is 0.325 e. The molecule has 0 aromatic heterocycles. The van der Waals surface area contributed by atoms with Gasteiger partial charge in [-0.25, -0.2) is 5.84 Å². The highest BCUT2D eigenvalue weighted by atomic mass is 35.5. The van der Waals surface area contributed by atoms with Crippen molar-refractivity contribution in [1.29, 1.82) is 5.41 Å². The molecule has 1 aromatic rings. The zero-order valence-corrected chi connectivity index (χ0v) is 8.58. The van der Waals surface area contributed by atoms with Crippen LogP contribution in [0, 0.1) is 5.41 Å². The molecule has 0 radical (unpaired) electrons. The Bertz CT molecular complexity index is 405. The first-order valence-electron chi connectivity index (χ1n) is 4.03. The van der Waals surface area contributed by atoms with E-state index >= 15 is 0 Å². The van der Waals surface area contributed by atoms with Crippen LogP contribution in [0.25, 0.3) is 0 Å². The van der Waals surface area contributed by atoms with Gasteiger partial charge in [0, 0.05) is 5.69 Å². The van der Waals surface area contributed by atoms with Crippen LogP contribution in [0.5, 0.6) is 0 Å². The number of rotatable bonds is 1. The first-order chi connectivity index (χ1) is 7.34. The van der Waals surface area contributed by atoms with Crippen LogP contribution in [0.2, 0.25) is 5.02 Å². The van der Waals surface area contributed by atoms with Gasteiger partial charge in [0.15, 0.2) is 0 Å². The summed E-state index contributed by atoms with van der Waals surface area (Å²) >= 11 is 5.41. The molecule has 88 valence electrons. The molecule has 0 saturated heterocycles. The maximum Gasteiger partial charge on any atom is 0.417 e. The molecule has 1 rings (SSSR count). The first-order valence-corrected chi connectivity index (χ1v) is 4.41. The van der Waals surface area contributed by atoms with E-state index in [4.69, 9.17) is 22.9 Å². The van der Waals surface area contributed by atoms with Crippen LogP contribution in [-0.4, -0.2) is 5.96 Å². The molecule has 1 aromatic carbocycles. The Labute approximate surface area is 94.1 Å². The SMILES string of the molecule is N=C(NN)Nc1ccc(Cl)c(C(F)(F)F)c1. The monoisotopic (exact) mass is 252 g/mol. The number of anilines is 1. The van der Waals surface area contributed by atoms with E-state index < -0.39 is 16.8 Å². The summed E-state index contributed by atoms with van der Waals surface area (Å²) in [6, 6.07) is 3.20. The summed E-state index contributed by atoms with van der Waals surface area (Å²) in [5.41, 5.74) is 1.04. The van der Waals surface area contributed by atoms with Crippen molar-refractivity contribution >= 4 is 23.2 Å². The predicted molar refractivity (Wildman–Crippen MR) is 55.1 cm³/mol. The molecule has 0 saturated carbocycles. The van der Waals surface area contributed by atoms with Crippen molar-refractivity contribution in [3.8, 4) is 0 Å². The zero-order chi connectivity index (χ0) is 12.3. The van der Waals surface area contributed by atoms with Crippen molar-refractivity contribution < 1.29 is 13.2 Å². The second-order valence-electron chi connectivity index (χ2n) is 2.84. The largest absolute Gasteiger partial charge is 0.417 e. The number of nitrogens with two attached hydrogens (primary N) is 1. The van der Waals surface area contributed by atoms with Crippen molar-refractivity contribution in [2.24, 2.45) is 5.84 Å². The zero-order valence-electron chi connectivity index (χ0n) is 7.82. The van der Waals surface area contributed by atoms with Crippen molar-refractivity contribution in [1.82, 2.24) is 5.43 Å². The van der Waals surface area contributed by atoms with E-state index in [0.717, 1.165) is 12.1 Å². The van der Waals surface area contributed by atoms with Crippen molar-refractivity contribution in [3.05, 3.63) is 28.8 Å². The highest BCUT2D eigenvalue weighted by Gasteiger charge is 2.33. The summed E-state index contributed by atoms with van der Waals surface area (Å²) in [5, 5.41) is 9.02. The van der Waals surface area contributed by atoms with Gasteiger partial charge in [0.2, 0.25) is 5.96 Å². The minimum atomic E-state index is -4.53. The molecule has 0 aliphatic heterocycles. The summed E-state index contributed by atoms with van der Waals surface area (Å²) in [4.78, 5) is 0. The fourth-order valence-corrected chi connectivity index (χ4v) is 1.23. The topological polar surface area (TPSA) is 73.9 Å². The molecule has 0 amide bonds. The van der Waals surface area contributed by atoms with Crippen molar-refractivity contribution in [2.75, 3.05) is 5.32 Å². The predicted octanol–water partition coefficient (Wildman–Crippen LogP) is 2.17. The Kier molecular flexibility index (Phi) is 3.61. The standard InChI is InChI=1S/C8H8ClF3N4/c9-6-2-1-4(15-7(13)16-14)3-5(6)8(10,11)12/h1-3H,14H2,(H3,13,15,16). The summed E-state index contributed by atoms with van der Waals surface area (Å²) in [6.45, 7) is 0. The number of hydrazine groups is 1. The van der Waals surface area contributed by atoms with Crippen LogP contribution in [-0.2, 0) is 6.18 Å². The second kappa shape index (κ2) is 4.58. The Morgan fingerprint density at radius 1 is 1.38 bits per heavy atom. The van der Waals surface area contributed by atoms with Gasteiger partial charge in [-0.3, -0.25) is 10.8 Å². The number of hydrogen-bond donors (Lipinski definition) is 4. The van der Waals surface area contributed by atoms with E-state index in [9.17, 15) is 13.2 Å². The molecule has 0 heterocycles. The lowest BCUT2D eigenvalue weighted by molar-refractivity contribution is -0.137. The minimum absolute atomic E-state index is 0.0691. The van der Waals surface area contributed by atoms with Gasteiger partial charge in [0.1, 0.15) is 0 Å². The Morgan fingerprint density at radius 3 is 2.50 bits per heavy atom. The molecule has 4 nitrogen and oxygen atoms in total. The molecular formula is C8H8ClF3N4. The maximum absolute atomic E-state index is 12.4. The van der Waals surface area contributed by atoms with E-state index in [1.54, 1.807) is 0 Å². The number of hydrogen-bond acceptors (Lipinski definition) is 2. The van der Waals surface area contributed by atoms with E-state index in [-0.39, 0.29) is 11.6 Å². The number of alkyl halides is 3. The van der Waals surface area contributed by atoms with E-state index in [1.165, 1.54) is 6.07 Å². The van der Waals surface area contributed by atoms with Crippen molar-refractivity contribution in [2.45, 2.75) is 6.18 Å². The average Bonchev–Trinajstić information content (AvgIpc) is 2.19. The molecule has 0 unspecified atom stereocenters. The van der Waals surface area contributed by atoms with Gasteiger partial charge in [-0.15, -0.1) is 0 Å². The molecule has 0 fully saturated rings. The van der Waals surface area contributed by atoms with Crippen LogP contribution in [0.4, 0.5) is 18.9 Å². The lowest BCUT2D eigenvalue weighted by atomic mass is 10.2. The molecule has 0 spiro atoms. The third-order valence-corrected chi connectivity index (χ3v) is 2.02. The fraction of sp³-hybridized carbons (Fsp3) is 0.125. The van der Waals surface area contributed by atoms with E-state index in [0.29, 0.717) is 0 Å². The Hall–Kier alpha value is -1.47. The molecule has 8 heteroatoms. The Balaban J connectivity index is 3.03. The second-order valence-corrected chi connectivity index (χ2v) is 3.24. The van der Waals surface area contributed by atoms with Gasteiger partial charge >= 0.3 is 6.18 Å². The normalized spacial score (nSPS) is 11.1. The Morgan fingerprint density at radius 2 is 2.00 bits per heavy atom. The van der Waals surface area contributed by atoms with Crippen molar-refractivity contribution in [3.63, 3.8) is 0 Å². The van der Waals surface area contributed by atoms with Gasteiger partial charge in [-0.2, -0.15) is 13.2 Å². The third kappa shape index (κ3) is 3.01. The van der Waals surface area contributed by atoms with Gasteiger partial charge in [-0.05, 0) is 18.2 Å². The summed E-state index contributed by atoms with van der Waals surface area (Å²) in [5.74, 6) is 4.56. The van der Waals surface area contributed by atoms with Crippen LogP contribution < -0.4 is 16.6 Å². The molecule has 0 atom stereocenters. The van der Waals surface area contributed by atoms with E-state index in [1.807, 2.05) is 5.43 Å². The average molecular weight is 253 g/mol. The number of halogens is 4. The highest BCUT2D eigenvalue weighted by Crippen LogP contribution is 2.36. The summed E-state index contributed by atoms with van der Waals surface area (Å²) < 4.78 is 37.3. The number of nitrogens with one attached hydrogen (secondary N) is 3. The van der Waals surface area contributed by atoms with Crippen LogP contribution >= 0.6 is 11.6 Å². The maximum atomic E-state index is 12.4. The lowest BCUT2D eigenvalue weighted by Crippen LogP contribution is -2.35. The van der Waals surface area contributed by atoms with Gasteiger partial charge in [0.25, 0.3) is 0 Å². The van der Waals surface area contributed by atoms with Gasteiger partial charge in [0.05, 0.1) is 10.6 Å². The fourth-order valence-electron chi connectivity index (χ4n) is 1.00. The molecular weight excluding hydrogens is 245 g/mol. The first kappa shape index (κ1) is 12.6. The molecule has 16 heavy (non-hydrogen) atoms. The molecule has 0 aliphatic rings. The molecule has 5 N–H and O–H groups in total. The summed E-state index contributed by atoms with van der Waals surface area (Å²) in [7, 11) is 0. The third-order valence-electron chi connectivity index (χ3n) is 1.69. The quantitative estimate of drug-likeness (QED) is 0.268. The molecule has 0 bridgehead atoms. The molecule has 0 aliphatic carbocycles. The van der Waals surface area contributed by atoms with E-state index in [2.05, 4.69) is 5.32 Å². The highest BCUT2D eigenvalue weighted by molar-refractivity contribution is 6.31. The van der Waals surface area contributed by atoms with Crippen LogP contribution in [0.3, 0.4) is 0 Å². The lowest BCUT2D eigenvalue weighted by Gasteiger charge is -2.12. The summed E-state index contributed by atoms with van der Waals surface area (Å²) in [6.07, 6.45) is -4.53. The van der Waals surface area contributed by atoms with Crippen LogP contribution in [0.15, 0.2) is 18.2 Å². The van der Waals surface area contributed by atoms with Gasteiger partial charge in [-0.1, -0.05) is 11.6 Å². The van der Waals surface area contributed by atoms with Crippen LogP contribution in [0.1, 0.15) is 5.56 Å². The number of benzene rings is 1. The van der Waals surface area contributed by atoms with Gasteiger partial charge < -0.3 is 5.32 Å². The number of guanidine groups is 1.